The van der Waals surface area contributed by atoms with E-state index in [1.54, 1.807) is 11.8 Å². The molecule has 0 radical (unpaired) electrons. The molecule has 2 aliphatic carbocycles. The molecule has 2 saturated carbocycles. The van der Waals surface area contributed by atoms with Crippen LogP contribution in [-0.2, 0) is 17.5 Å². The average molecular weight is 551 g/mol. The zero-order valence-corrected chi connectivity index (χ0v) is 21.3. The lowest BCUT2D eigenvalue weighted by Crippen LogP contribution is -2.34. The molecule has 3 aromatic rings. The van der Waals surface area contributed by atoms with E-state index < -0.39 is 17.6 Å². The van der Waals surface area contributed by atoms with E-state index in [2.05, 4.69) is 5.32 Å². The Labute approximate surface area is 218 Å². The summed E-state index contributed by atoms with van der Waals surface area (Å²) >= 11 is 9.04. The molecule has 3 aliphatic rings. The normalized spacial score (nSPS) is 26.5. The molecule has 188 valence electrons. The lowest BCUT2D eigenvalue weighted by Gasteiger charge is -2.40. The van der Waals surface area contributed by atoms with Crippen LogP contribution in [-0.4, -0.2) is 15.7 Å². The molecule has 10 heteroatoms. The van der Waals surface area contributed by atoms with Crippen molar-refractivity contribution in [3.05, 3.63) is 79.2 Å². The molecule has 0 spiro atoms. The molecule has 2 aromatic carbocycles. The number of fused-ring (bicyclic) bond motifs is 6. The number of rotatable bonds is 4. The Bertz CT molecular complexity index is 1390. The molecule has 2 fully saturated rings. The largest absolute Gasteiger partial charge is 0.416 e. The molecule has 1 aromatic heterocycles. The highest BCUT2D eigenvalue weighted by Gasteiger charge is 2.55. The fourth-order valence-corrected chi connectivity index (χ4v) is 9.52. The molecule has 1 aliphatic heterocycles. The molecular formula is C26H22ClF3N2O2S2. The third-order valence-corrected chi connectivity index (χ3v) is 10.8. The molecule has 4 nitrogen and oxygen atoms in total. The Kier molecular flexibility index (Phi) is 6.00. The SMILES string of the molecule is O=C(Cn1c2c(sc1=O)C(c1ccc(Cl)cc1)C1C3CCC(C3)C1S2)Nc1cccc(C(F)(F)F)c1. The standard InChI is InChI=1S/C26H22ClF3N2O2S2/c27-17-8-6-13(7-9-17)20-21-14-4-5-15(10-14)22(21)35-24-23(20)36-25(34)32(24)12-19(33)31-18-3-1-2-16(11-18)26(28,29)30/h1-3,6-9,11,14-15,20-22H,4-5,10,12H2,(H,31,33). The first-order chi connectivity index (χ1) is 17.2. The Morgan fingerprint density at radius 3 is 2.61 bits per heavy atom. The van der Waals surface area contributed by atoms with Gasteiger partial charge >= 0.3 is 11.0 Å². The van der Waals surface area contributed by atoms with E-state index in [1.165, 1.54) is 47.3 Å². The van der Waals surface area contributed by atoms with Crippen LogP contribution in [0.2, 0.25) is 5.02 Å². The number of carbonyl (C=O) groups is 1. The van der Waals surface area contributed by atoms with E-state index in [1.807, 2.05) is 24.3 Å². The number of alkyl halides is 3. The maximum Gasteiger partial charge on any atom is 0.416 e. The molecule has 6 rings (SSSR count). The number of nitrogens with one attached hydrogen (secondary N) is 1. The fraction of sp³-hybridized carbons (Fsp3) is 0.385. The van der Waals surface area contributed by atoms with Crippen molar-refractivity contribution in [2.24, 2.45) is 17.8 Å². The van der Waals surface area contributed by atoms with Crippen LogP contribution in [0.3, 0.4) is 0 Å². The highest BCUT2D eigenvalue weighted by atomic mass is 35.5. The summed E-state index contributed by atoms with van der Waals surface area (Å²) in [7, 11) is 0. The van der Waals surface area contributed by atoms with Gasteiger partial charge in [0, 0.05) is 26.8 Å². The van der Waals surface area contributed by atoms with Crippen molar-refractivity contribution < 1.29 is 18.0 Å². The minimum atomic E-state index is -4.51. The second-order valence-corrected chi connectivity index (χ2v) is 12.4. The highest BCUT2D eigenvalue weighted by molar-refractivity contribution is 8.00. The van der Waals surface area contributed by atoms with Crippen molar-refractivity contribution in [1.82, 2.24) is 4.57 Å². The smallest absolute Gasteiger partial charge is 0.325 e. The maximum absolute atomic E-state index is 13.1. The summed E-state index contributed by atoms with van der Waals surface area (Å²) in [5.41, 5.74) is 0.339. The number of thiazole rings is 1. The fourth-order valence-electron chi connectivity index (χ4n) is 6.25. The molecule has 2 heterocycles. The number of thioether (sulfide) groups is 1. The van der Waals surface area contributed by atoms with Gasteiger partial charge in [0.15, 0.2) is 0 Å². The number of aromatic nitrogens is 1. The van der Waals surface area contributed by atoms with Crippen LogP contribution in [0.1, 0.15) is 41.2 Å². The summed E-state index contributed by atoms with van der Waals surface area (Å²) in [6.07, 6.45) is -0.914. The topological polar surface area (TPSA) is 51.1 Å². The van der Waals surface area contributed by atoms with Crippen LogP contribution in [0.25, 0.3) is 0 Å². The Balaban J connectivity index is 1.32. The van der Waals surface area contributed by atoms with Crippen LogP contribution in [0, 0.1) is 17.8 Å². The number of hydrogen-bond acceptors (Lipinski definition) is 4. The molecule has 5 atom stereocenters. The minimum absolute atomic E-state index is 0.0480. The van der Waals surface area contributed by atoms with Gasteiger partial charge in [-0.1, -0.05) is 41.1 Å². The Morgan fingerprint density at radius 2 is 1.86 bits per heavy atom. The van der Waals surface area contributed by atoms with Crippen molar-refractivity contribution in [1.29, 1.82) is 0 Å². The molecule has 1 amide bonds. The van der Waals surface area contributed by atoms with Crippen LogP contribution in [0.15, 0.2) is 58.4 Å². The Hall–Kier alpha value is -2.23. The summed E-state index contributed by atoms with van der Waals surface area (Å²) in [4.78, 5) is 26.7. The highest BCUT2D eigenvalue weighted by Crippen LogP contribution is 2.64. The van der Waals surface area contributed by atoms with Crippen LogP contribution >= 0.6 is 34.7 Å². The second kappa shape index (κ2) is 8.96. The van der Waals surface area contributed by atoms with Gasteiger partial charge in [-0.2, -0.15) is 13.2 Å². The van der Waals surface area contributed by atoms with Gasteiger partial charge < -0.3 is 5.32 Å². The number of nitrogens with zero attached hydrogens (tertiary/aromatic N) is 1. The number of amides is 1. The zero-order valence-electron chi connectivity index (χ0n) is 18.9. The van der Waals surface area contributed by atoms with Crippen molar-refractivity contribution >= 4 is 46.3 Å². The van der Waals surface area contributed by atoms with E-state index >= 15 is 0 Å². The molecule has 0 saturated heterocycles. The average Bonchev–Trinajstić information content (AvgIpc) is 3.52. The number of carbonyl (C=O) groups excluding carboxylic acids is 1. The van der Waals surface area contributed by atoms with Gasteiger partial charge in [0.25, 0.3) is 0 Å². The summed E-state index contributed by atoms with van der Waals surface area (Å²) in [6.45, 7) is -0.243. The van der Waals surface area contributed by atoms with Gasteiger partial charge in [-0.15, -0.1) is 11.8 Å². The lowest BCUT2D eigenvalue weighted by molar-refractivity contribution is -0.137. The lowest BCUT2D eigenvalue weighted by atomic mass is 9.75. The van der Waals surface area contributed by atoms with Crippen LogP contribution in [0.5, 0.6) is 0 Å². The first-order valence-electron chi connectivity index (χ1n) is 11.8. The molecule has 2 bridgehead atoms. The predicted molar refractivity (Wildman–Crippen MR) is 136 cm³/mol. The molecule has 36 heavy (non-hydrogen) atoms. The number of halogens is 4. The van der Waals surface area contributed by atoms with Crippen LogP contribution in [0.4, 0.5) is 18.9 Å². The van der Waals surface area contributed by atoms with Crippen molar-refractivity contribution in [3.63, 3.8) is 0 Å². The zero-order chi connectivity index (χ0) is 25.2. The van der Waals surface area contributed by atoms with E-state index in [9.17, 15) is 22.8 Å². The van der Waals surface area contributed by atoms with E-state index in [0.29, 0.717) is 28.0 Å². The summed E-state index contributed by atoms with van der Waals surface area (Å²) in [5.74, 6) is 1.19. The monoisotopic (exact) mass is 550 g/mol. The first-order valence-corrected chi connectivity index (χ1v) is 13.9. The van der Waals surface area contributed by atoms with Gasteiger partial charge in [0.05, 0.1) is 10.6 Å². The molecular weight excluding hydrogens is 529 g/mol. The summed E-state index contributed by atoms with van der Waals surface area (Å²) in [6, 6.07) is 12.3. The summed E-state index contributed by atoms with van der Waals surface area (Å²) in [5, 5.41) is 4.39. The first kappa shape index (κ1) is 24.1. The van der Waals surface area contributed by atoms with E-state index in [4.69, 9.17) is 11.6 Å². The van der Waals surface area contributed by atoms with Crippen molar-refractivity contribution in [3.8, 4) is 0 Å². The van der Waals surface area contributed by atoms with E-state index in [0.717, 1.165) is 27.6 Å². The molecule has 5 unspecified atom stereocenters. The quantitative estimate of drug-likeness (QED) is 0.385. The third-order valence-electron chi connectivity index (χ3n) is 7.70. The maximum atomic E-state index is 13.1. The van der Waals surface area contributed by atoms with Gasteiger partial charge in [-0.3, -0.25) is 14.2 Å². The Morgan fingerprint density at radius 1 is 1.11 bits per heavy atom. The third kappa shape index (κ3) is 4.19. The van der Waals surface area contributed by atoms with E-state index in [-0.39, 0.29) is 23.0 Å². The van der Waals surface area contributed by atoms with Gasteiger partial charge in [0.2, 0.25) is 5.91 Å². The predicted octanol–water partition coefficient (Wildman–Crippen LogP) is 6.87. The van der Waals surface area contributed by atoms with Gasteiger partial charge in [-0.05, 0) is 72.9 Å². The van der Waals surface area contributed by atoms with Crippen LogP contribution < -0.4 is 10.2 Å². The summed E-state index contributed by atoms with van der Waals surface area (Å²) < 4.78 is 40.7. The second-order valence-electron chi connectivity index (χ2n) is 9.77. The van der Waals surface area contributed by atoms with Gasteiger partial charge in [-0.25, -0.2) is 0 Å². The molecule has 1 N–H and O–H groups in total. The van der Waals surface area contributed by atoms with Crippen molar-refractivity contribution in [2.75, 3.05) is 5.32 Å². The van der Waals surface area contributed by atoms with Gasteiger partial charge in [0.1, 0.15) is 6.54 Å². The number of benzene rings is 2. The van der Waals surface area contributed by atoms with Crippen molar-refractivity contribution in [2.45, 2.75) is 48.2 Å². The number of anilines is 1. The number of hydrogen-bond donors (Lipinski definition) is 1. The minimum Gasteiger partial charge on any atom is -0.325 e.